The molecular formula is C22H21IO2. The molecule has 0 aromatic heterocycles. The zero-order valence-electron chi connectivity index (χ0n) is 14.0. The van der Waals surface area contributed by atoms with Gasteiger partial charge in [-0.25, -0.2) is 0 Å². The van der Waals surface area contributed by atoms with Gasteiger partial charge in [0.2, 0.25) is 0 Å². The highest BCUT2D eigenvalue weighted by Gasteiger charge is 2.13. The number of ether oxygens (including phenoxy) is 2. The van der Waals surface area contributed by atoms with Gasteiger partial charge in [-0.3, -0.25) is 0 Å². The number of benzene rings is 3. The van der Waals surface area contributed by atoms with Crippen molar-refractivity contribution in [1.82, 2.24) is 0 Å². The van der Waals surface area contributed by atoms with E-state index in [-0.39, 0.29) is 6.29 Å². The zero-order chi connectivity index (χ0) is 17.3. The predicted octanol–water partition coefficient (Wildman–Crippen LogP) is 6.05. The number of hydrogen-bond donors (Lipinski definition) is 0. The van der Waals surface area contributed by atoms with E-state index in [9.17, 15) is 0 Å². The van der Waals surface area contributed by atoms with Crippen molar-refractivity contribution in [3.63, 3.8) is 0 Å². The fourth-order valence-corrected chi connectivity index (χ4v) is 3.01. The average Bonchev–Trinajstić information content (AvgIpc) is 2.70. The number of hydrogen-bond acceptors (Lipinski definition) is 2. The molecule has 3 aromatic carbocycles. The SMILES string of the molecule is ICc1ccc(C(OCc2ccccc2)OCc2ccccc2)cc1. The highest BCUT2D eigenvalue weighted by Crippen LogP contribution is 2.23. The maximum absolute atomic E-state index is 6.09. The van der Waals surface area contributed by atoms with Crippen molar-refractivity contribution in [2.75, 3.05) is 0 Å². The van der Waals surface area contributed by atoms with Crippen LogP contribution in [0.3, 0.4) is 0 Å². The minimum atomic E-state index is -0.385. The molecule has 2 nitrogen and oxygen atoms in total. The largest absolute Gasteiger partial charge is 0.344 e. The van der Waals surface area contributed by atoms with Crippen LogP contribution < -0.4 is 0 Å². The summed E-state index contributed by atoms with van der Waals surface area (Å²) in [5.41, 5.74) is 4.62. The van der Waals surface area contributed by atoms with Crippen molar-refractivity contribution in [3.8, 4) is 0 Å². The lowest BCUT2D eigenvalue weighted by Gasteiger charge is -2.19. The molecule has 0 fully saturated rings. The molecule has 0 spiro atoms. The Morgan fingerprint density at radius 3 is 1.52 bits per heavy atom. The third-order valence-corrected chi connectivity index (χ3v) is 4.78. The number of halogens is 1. The average molecular weight is 444 g/mol. The summed E-state index contributed by atoms with van der Waals surface area (Å²) in [6, 6.07) is 28.8. The molecule has 3 aromatic rings. The van der Waals surface area contributed by atoms with Crippen molar-refractivity contribution >= 4 is 22.6 Å². The van der Waals surface area contributed by atoms with Gasteiger partial charge in [-0.15, -0.1) is 0 Å². The molecule has 128 valence electrons. The summed E-state index contributed by atoms with van der Waals surface area (Å²) in [5.74, 6) is 0. The second-order valence-corrected chi connectivity index (χ2v) is 6.56. The van der Waals surface area contributed by atoms with Crippen molar-refractivity contribution in [2.45, 2.75) is 23.9 Å². The monoisotopic (exact) mass is 444 g/mol. The van der Waals surface area contributed by atoms with E-state index < -0.39 is 0 Å². The Morgan fingerprint density at radius 2 is 1.08 bits per heavy atom. The summed E-state index contributed by atoms with van der Waals surface area (Å²) < 4.78 is 13.2. The lowest BCUT2D eigenvalue weighted by Crippen LogP contribution is -2.09. The zero-order valence-corrected chi connectivity index (χ0v) is 16.1. The molecule has 0 aliphatic carbocycles. The fraction of sp³-hybridized carbons (Fsp3) is 0.182. The summed E-state index contributed by atoms with van der Waals surface area (Å²) in [5, 5.41) is 0. The molecule has 0 unspecified atom stereocenters. The van der Waals surface area contributed by atoms with Crippen LogP contribution in [-0.4, -0.2) is 0 Å². The minimum Gasteiger partial charge on any atom is -0.344 e. The fourth-order valence-electron chi connectivity index (χ4n) is 2.50. The van der Waals surface area contributed by atoms with E-state index in [2.05, 4.69) is 71.1 Å². The Morgan fingerprint density at radius 1 is 0.600 bits per heavy atom. The molecule has 0 heterocycles. The Hall–Kier alpha value is -1.69. The molecule has 25 heavy (non-hydrogen) atoms. The summed E-state index contributed by atoms with van der Waals surface area (Å²) >= 11 is 2.37. The molecule has 0 amide bonds. The Labute approximate surface area is 162 Å². The van der Waals surface area contributed by atoms with Crippen LogP contribution in [0, 0.1) is 0 Å². The van der Waals surface area contributed by atoms with Gasteiger partial charge in [-0.05, 0) is 16.7 Å². The summed E-state index contributed by atoms with van der Waals surface area (Å²) in [6.07, 6.45) is -0.385. The van der Waals surface area contributed by atoms with Gasteiger partial charge in [-0.1, -0.05) is 108 Å². The number of rotatable bonds is 8. The van der Waals surface area contributed by atoms with Crippen molar-refractivity contribution in [2.24, 2.45) is 0 Å². The molecule has 0 N–H and O–H groups in total. The molecule has 0 saturated carbocycles. The van der Waals surface area contributed by atoms with Gasteiger partial charge in [0.05, 0.1) is 13.2 Å². The second kappa shape index (κ2) is 9.70. The quantitative estimate of drug-likeness (QED) is 0.239. The first kappa shape index (κ1) is 18.1. The van der Waals surface area contributed by atoms with Gasteiger partial charge in [0, 0.05) is 9.99 Å². The highest BCUT2D eigenvalue weighted by molar-refractivity contribution is 14.1. The van der Waals surface area contributed by atoms with Crippen LogP contribution in [0.4, 0.5) is 0 Å². The molecule has 0 aliphatic heterocycles. The van der Waals surface area contributed by atoms with Crippen LogP contribution in [-0.2, 0) is 27.1 Å². The van der Waals surface area contributed by atoms with Gasteiger partial charge in [-0.2, -0.15) is 0 Å². The van der Waals surface area contributed by atoms with Crippen LogP contribution in [0.15, 0.2) is 84.9 Å². The predicted molar refractivity (Wildman–Crippen MR) is 109 cm³/mol. The van der Waals surface area contributed by atoms with Crippen LogP contribution in [0.25, 0.3) is 0 Å². The Balaban J connectivity index is 1.70. The Bertz CT molecular complexity index is 699. The van der Waals surface area contributed by atoms with Gasteiger partial charge in [0.15, 0.2) is 6.29 Å². The first-order valence-electron chi connectivity index (χ1n) is 8.31. The van der Waals surface area contributed by atoms with E-state index in [0.717, 1.165) is 21.1 Å². The second-order valence-electron chi connectivity index (χ2n) is 5.80. The minimum absolute atomic E-state index is 0.385. The smallest absolute Gasteiger partial charge is 0.184 e. The summed E-state index contributed by atoms with van der Waals surface area (Å²) in [7, 11) is 0. The first-order valence-corrected chi connectivity index (χ1v) is 9.83. The van der Waals surface area contributed by atoms with Crippen molar-refractivity contribution in [3.05, 3.63) is 107 Å². The van der Waals surface area contributed by atoms with Gasteiger partial charge < -0.3 is 9.47 Å². The van der Waals surface area contributed by atoms with E-state index >= 15 is 0 Å². The molecule has 3 rings (SSSR count). The maximum atomic E-state index is 6.09. The third kappa shape index (κ3) is 5.66. The summed E-state index contributed by atoms with van der Waals surface area (Å²) in [4.78, 5) is 0. The molecule has 0 bridgehead atoms. The van der Waals surface area contributed by atoms with Crippen LogP contribution in [0.1, 0.15) is 28.5 Å². The molecular weight excluding hydrogens is 423 g/mol. The van der Waals surface area contributed by atoms with Gasteiger partial charge in [0.1, 0.15) is 0 Å². The highest BCUT2D eigenvalue weighted by atomic mass is 127. The lowest BCUT2D eigenvalue weighted by molar-refractivity contribution is -0.161. The van der Waals surface area contributed by atoms with Crippen molar-refractivity contribution in [1.29, 1.82) is 0 Å². The van der Waals surface area contributed by atoms with E-state index in [0.29, 0.717) is 13.2 Å². The standard InChI is InChI=1S/C22H21IO2/c23-15-18-11-13-21(14-12-18)22(24-16-19-7-3-1-4-8-19)25-17-20-9-5-2-6-10-20/h1-14,22H,15-17H2. The molecule has 0 saturated heterocycles. The molecule has 0 radical (unpaired) electrons. The lowest BCUT2D eigenvalue weighted by atomic mass is 10.1. The van der Waals surface area contributed by atoms with Crippen LogP contribution in [0.5, 0.6) is 0 Å². The van der Waals surface area contributed by atoms with Crippen LogP contribution >= 0.6 is 22.6 Å². The van der Waals surface area contributed by atoms with E-state index in [1.165, 1.54) is 5.56 Å². The Kier molecular flexibility index (Phi) is 7.03. The first-order chi connectivity index (χ1) is 12.3. The molecule has 0 atom stereocenters. The van der Waals surface area contributed by atoms with E-state index in [4.69, 9.17) is 9.47 Å². The molecule has 0 aliphatic rings. The van der Waals surface area contributed by atoms with Gasteiger partial charge in [0.25, 0.3) is 0 Å². The van der Waals surface area contributed by atoms with E-state index in [1.54, 1.807) is 0 Å². The summed E-state index contributed by atoms with van der Waals surface area (Å²) in [6.45, 7) is 1.04. The maximum Gasteiger partial charge on any atom is 0.184 e. The normalized spacial score (nSPS) is 11.0. The topological polar surface area (TPSA) is 18.5 Å². The van der Waals surface area contributed by atoms with Gasteiger partial charge >= 0.3 is 0 Å². The van der Waals surface area contributed by atoms with Crippen molar-refractivity contribution < 1.29 is 9.47 Å². The van der Waals surface area contributed by atoms with E-state index in [1.807, 2.05) is 36.4 Å². The van der Waals surface area contributed by atoms with Crippen LogP contribution in [0.2, 0.25) is 0 Å². The molecule has 3 heteroatoms. The third-order valence-electron chi connectivity index (χ3n) is 3.89. The number of alkyl halides is 1.